The van der Waals surface area contributed by atoms with Crippen LogP contribution in [-0.4, -0.2) is 26.3 Å². The second kappa shape index (κ2) is 7.41. The number of imidazole rings is 1. The minimum Gasteiger partial charge on any atom is -0.454 e. The van der Waals surface area contributed by atoms with Crippen molar-refractivity contribution < 1.29 is 9.47 Å². The average Bonchev–Trinajstić information content (AvgIpc) is 3.58. The molecule has 8 heteroatoms. The monoisotopic (exact) mass is 427 g/mol. The summed E-state index contributed by atoms with van der Waals surface area (Å²) >= 11 is 1.66. The number of thiophene rings is 1. The largest absolute Gasteiger partial charge is 0.454 e. The lowest BCUT2D eigenvalue weighted by atomic mass is 10.2. The number of fused-ring (bicyclic) bond motifs is 2. The second-order valence-corrected chi connectivity index (χ2v) is 8.00. The summed E-state index contributed by atoms with van der Waals surface area (Å²) in [5.74, 6) is 2.88. The Morgan fingerprint density at radius 3 is 2.87 bits per heavy atom. The van der Waals surface area contributed by atoms with Crippen molar-refractivity contribution in [1.29, 1.82) is 0 Å². The van der Waals surface area contributed by atoms with Gasteiger partial charge in [0.1, 0.15) is 12.1 Å². The lowest BCUT2D eigenvalue weighted by Gasteiger charge is -2.12. The minimum absolute atomic E-state index is 0.267. The maximum absolute atomic E-state index is 5.50. The van der Waals surface area contributed by atoms with E-state index in [0.717, 1.165) is 44.4 Å². The molecular weight excluding hydrogens is 410 g/mol. The van der Waals surface area contributed by atoms with Crippen LogP contribution in [0.1, 0.15) is 5.56 Å². The fourth-order valence-electron chi connectivity index (χ4n) is 3.59. The van der Waals surface area contributed by atoms with E-state index >= 15 is 0 Å². The summed E-state index contributed by atoms with van der Waals surface area (Å²) < 4.78 is 12.8. The maximum atomic E-state index is 5.50. The van der Waals surface area contributed by atoms with Crippen molar-refractivity contribution in [3.8, 4) is 27.9 Å². The summed E-state index contributed by atoms with van der Waals surface area (Å²) in [5.41, 5.74) is 3.91. The quantitative estimate of drug-likeness (QED) is 0.431. The van der Waals surface area contributed by atoms with Gasteiger partial charge in [-0.3, -0.25) is 4.57 Å². The molecule has 5 aromatic rings. The Morgan fingerprint density at radius 2 is 1.94 bits per heavy atom. The Balaban J connectivity index is 1.37. The van der Waals surface area contributed by atoms with E-state index in [0.29, 0.717) is 12.5 Å². The number of nitrogens with one attached hydrogen (secondary N) is 1. The molecule has 152 valence electrons. The zero-order valence-corrected chi connectivity index (χ0v) is 17.2. The molecule has 0 atom stereocenters. The first-order chi connectivity index (χ1) is 15.3. The topological polar surface area (TPSA) is 74.1 Å². The highest BCUT2D eigenvalue weighted by Gasteiger charge is 2.15. The number of hydrogen-bond acceptors (Lipinski definition) is 7. The number of hydrogen-bond donors (Lipinski definition) is 1. The predicted octanol–water partition coefficient (Wildman–Crippen LogP) is 4.88. The summed E-state index contributed by atoms with van der Waals surface area (Å²) in [6.07, 6.45) is 3.62. The van der Waals surface area contributed by atoms with E-state index in [1.807, 2.05) is 64.7 Å². The molecule has 1 aliphatic heterocycles. The fraction of sp³-hybridized carbons (Fsp3) is 0.0870. The third kappa shape index (κ3) is 3.27. The van der Waals surface area contributed by atoms with Crippen LogP contribution in [0.3, 0.4) is 0 Å². The van der Waals surface area contributed by atoms with Gasteiger partial charge in [0.2, 0.25) is 12.7 Å². The third-order valence-electron chi connectivity index (χ3n) is 5.13. The Morgan fingerprint density at radius 1 is 1.00 bits per heavy atom. The van der Waals surface area contributed by atoms with Crippen LogP contribution in [0.25, 0.3) is 27.4 Å². The molecule has 7 nitrogen and oxygen atoms in total. The molecule has 0 aliphatic carbocycles. The molecule has 31 heavy (non-hydrogen) atoms. The summed E-state index contributed by atoms with van der Waals surface area (Å²) in [7, 11) is 0. The van der Waals surface area contributed by atoms with Gasteiger partial charge in [-0.2, -0.15) is 4.98 Å². The number of nitrogens with zero attached hydrogens (tertiary/aromatic N) is 4. The molecule has 4 heterocycles. The van der Waals surface area contributed by atoms with Crippen LogP contribution in [0.5, 0.6) is 11.5 Å². The summed E-state index contributed by atoms with van der Waals surface area (Å²) in [6, 6.07) is 18.0. The average molecular weight is 427 g/mol. The molecule has 6 rings (SSSR count). The number of para-hydroxylation sites is 2. The SMILES string of the molecule is c1csc(-c2cnc(-n3cnc4ccccc43)nc2NCc2ccc3c(c2)OCO3)c1. The molecular formula is C23H17N5O2S. The van der Waals surface area contributed by atoms with Crippen LogP contribution in [-0.2, 0) is 6.54 Å². The van der Waals surface area contributed by atoms with E-state index in [2.05, 4.69) is 21.4 Å². The van der Waals surface area contributed by atoms with Gasteiger partial charge in [0.25, 0.3) is 0 Å². The summed E-state index contributed by atoms with van der Waals surface area (Å²) in [5, 5.41) is 5.53. The van der Waals surface area contributed by atoms with Gasteiger partial charge < -0.3 is 14.8 Å². The third-order valence-corrected chi connectivity index (χ3v) is 6.03. The smallest absolute Gasteiger partial charge is 0.237 e. The molecule has 0 radical (unpaired) electrons. The van der Waals surface area contributed by atoms with E-state index < -0.39 is 0 Å². The lowest BCUT2D eigenvalue weighted by molar-refractivity contribution is 0.174. The van der Waals surface area contributed by atoms with Gasteiger partial charge in [0.05, 0.1) is 16.6 Å². The van der Waals surface area contributed by atoms with Gasteiger partial charge in [-0.05, 0) is 41.3 Å². The Kier molecular flexibility index (Phi) is 4.28. The molecule has 0 saturated carbocycles. The van der Waals surface area contributed by atoms with Gasteiger partial charge in [0.15, 0.2) is 11.5 Å². The van der Waals surface area contributed by atoms with Gasteiger partial charge in [-0.1, -0.05) is 24.3 Å². The van der Waals surface area contributed by atoms with Crippen molar-refractivity contribution in [2.45, 2.75) is 6.54 Å². The first-order valence-corrected chi connectivity index (χ1v) is 10.7. The number of benzene rings is 2. The predicted molar refractivity (Wildman–Crippen MR) is 120 cm³/mol. The maximum Gasteiger partial charge on any atom is 0.237 e. The molecule has 0 saturated heterocycles. The van der Waals surface area contributed by atoms with E-state index in [1.165, 1.54) is 0 Å². The van der Waals surface area contributed by atoms with E-state index in [9.17, 15) is 0 Å². The molecule has 1 N–H and O–H groups in total. The number of aromatic nitrogens is 4. The minimum atomic E-state index is 0.267. The molecule has 0 spiro atoms. The van der Waals surface area contributed by atoms with Crippen molar-refractivity contribution in [3.63, 3.8) is 0 Å². The number of ether oxygens (including phenoxy) is 2. The summed E-state index contributed by atoms with van der Waals surface area (Å²) in [4.78, 5) is 15.1. The van der Waals surface area contributed by atoms with Crippen LogP contribution < -0.4 is 14.8 Å². The van der Waals surface area contributed by atoms with Gasteiger partial charge in [0, 0.05) is 17.6 Å². The van der Waals surface area contributed by atoms with Crippen molar-refractivity contribution in [1.82, 2.24) is 19.5 Å². The van der Waals surface area contributed by atoms with Crippen molar-refractivity contribution in [2.24, 2.45) is 0 Å². The zero-order valence-electron chi connectivity index (χ0n) is 16.4. The molecule has 0 unspecified atom stereocenters. The highest BCUT2D eigenvalue weighted by Crippen LogP contribution is 2.34. The van der Waals surface area contributed by atoms with Crippen LogP contribution >= 0.6 is 11.3 Å². The van der Waals surface area contributed by atoms with Crippen molar-refractivity contribution >= 4 is 28.2 Å². The fourth-order valence-corrected chi connectivity index (χ4v) is 4.33. The molecule has 0 fully saturated rings. The van der Waals surface area contributed by atoms with Crippen molar-refractivity contribution in [3.05, 3.63) is 78.1 Å². The first-order valence-electron chi connectivity index (χ1n) is 9.81. The van der Waals surface area contributed by atoms with Gasteiger partial charge >= 0.3 is 0 Å². The highest BCUT2D eigenvalue weighted by atomic mass is 32.1. The normalized spacial score (nSPS) is 12.4. The summed E-state index contributed by atoms with van der Waals surface area (Å²) in [6.45, 7) is 0.860. The molecule has 3 aromatic heterocycles. The van der Waals surface area contributed by atoms with Crippen molar-refractivity contribution in [2.75, 3.05) is 12.1 Å². The van der Waals surface area contributed by atoms with Crippen LogP contribution in [0.2, 0.25) is 0 Å². The Bertz CT molecular complexity index is 1380. The number of rotatable bonds is 5. The van der Waals surface area contributed by atoms with Crippen LogP contribution in [0, 0.1) is 0 Å². The molecule has 2 aromatic carbocycles. The second-order valence-electron chi connectivity index (χ2n) is 7.05. The van der Waals surface area contributed by atoms with E-state index in [-0.39, 0.29) is 6.79 Å². The zero-order chi connectivity index (χ0) is 20.6. The first kappa shape index (κ1) is 17.9. The van der Waals surface area contributed by atoms with Crippen LogP contribution in [0.4, 0.5) is 5.82 Å². The lowest BCUT2D eigenvalue weighted by Crippen LogP contribution is -2.07. The van der Waals surface area contributed by atoms with E-state index in [4.69, 9.17) is 14.5 Å². The highest BCUT2D eigenvalue weighted by molar-refractivity contribution is 7.13. The van der Waals surface area contributed by atoms with E-state index in [1.54, 1.807) is 17.7 Å². The standard InChI is InChI=1S/C23H17N5O2S/c1-2-5-18-17(4-1)26-13-28(18)23-25-12-16(21-6-3-9-31-21)22(27-23)24-11-15-7-8-19-20(10-15)30-14-29-19/h1-10,12-13H,11,14H2,(H,24,25,27). The Labute approximate surface area is 182 Å². The van der Waals surface area contributed by atoms with Crippen LogP contribution in [0.15, 0.2) is 72.5 Å². The van der Waals surface area contributed by atoms with Gasteiger partial charge in [-0.25, -0.2) is 9.97 Å². The molecule has 1 aliphatic rings. The number of anilines is 1. The molecule has 0 bridgehead atoms. The van der Waals surface area contributed by atoms with Gasteiger partial charge in [-0.15, -0.1) is 11.3 Å². The molecule has 0 amide bonds. The Hall–Kier alpha value is -3.91.